The van der Waals surface area contributed by atoms with Gasteiger partial charge in [-0.05, 0) is 24.1 Å². The zero-order valence-electron chi connectivity index (χ0n) is 7.58. The molecule has 4 heteroatoms. The van der Waals surface area contributed by atoms with Gasteiger partial charge in [-0.25, -0.2) is 5.43 Å². The molecule has 70 valence electrons. The molecule has 0 bridgehead atoms. The maximum Gasteiger partial charge on any atom is 0.234 e. The van der Waals surface area contributed by atoms with E-state index in [1.165, 1.54) is 0 Å². The molecular formula is C9H13N3O. The fourth-order valence-corrected chi connectivity index (χ4v) is 1.01. The number of pyridine rings is 1. The second-order valence-electron chi connectivity index (χ2n) is 2.65. The number of carbonyl (C=O) groups excluding carboxylic acids is 1. The van der Waals surface area contributed by atoms with E-state index in [0.717, 1.165) is 12.0 Å². The van der Waals surface area contributed by atoms with Crippen molar-refractivity contribution >= 4 is 5.91 Å². The van der Waals surface area contributed by atoms with Crippen molar-refractivity contribution in [2.75, 3.05) is 7.05 Å². The van der Waals surface area contributed by atoms with E-state index in [2.05, 4.69) is 15.8 Å². The van der Waals surface area contributed by atoms with E-state index in [1.54, 1.807) is 19.4 Å². The Hall–Kier alpha value is -1.42. The SMILES string of the molecule is CNNC(=O)CCc1ccncc1. The quantitative estimate of drug-likeness (QED) is 0.652. The van der Waals surface area contributed by atoms with E-state index in [1.807, 2.05) is 12.1 Å². The third-order valence-corrected chi connectivity index (χ3v) is 1.65. The Kier molecular flexibility index (Phi) is 3.92. The third kappa shape index (κ3) is 3.66. The molecule has 1 aromatic heterocycles. The zero-order valence-corrected chi connectivity index (χ0v) is 7.58. The Morgan fingerprint density at radius 3 is 2.77 bits per heavy atom. The minimum absolute atomic E-state index is 0.000637. The Labute approximate surface area is 77.3 Å². The van der Waals surface area contributed by atoms with Crippen molar-refractivity contribution in [1.29, 1.82) is 0 Å². The van der Waals surface area contributed by atoms with Crippen LogP contribution in [0.5, 0.6) is 0 Å². The summed E-state index contributed by atoms with van der Waals surface area (Å²) in [4.78, 5) is 14.9. The van der Waals surface area contributed by atoms with Gasteiger partial charge >= 0.3 is 0 Å². The molecule has 0 aliphatic rings. The number of nitrogens with one attached hydrogen (secondary N) is 2. The summed E-state index contributed by atoms with van der Waals surface area (Å²) in [7, 11) is 1.67. The van der Waals surface area contributed by atoms with Crippen molar-refractivity contribution in [1.82, 2.24) is 15.8 Å². The highest BCUT2D eigenvalue weighted by Crippen LogP contribution is 1.99. The van der Waals surface area contributed by atoms with Gasteiger partial charge in [0.2, 0.25) is 5.91 Å². The molecule has 0 unspecified atom stereocenters. The molecule has 2 N–H and O–H groups in total. The van der Waals surface area contributed by atoms with Crippen LogP contribution < -0.4 is 10.9 Å². The number of hydrogen-bond donors (Lipinski definition) is 2. The van der Waals surface area contributed by atoms with Gasteiger partial charge in [-0.1, -0.05) is 0 Å². The highest BCUT2D eigenvalue weighted by molar-refractivity contribution is 5.75. The van der Waals surface area contributed by atoms with Gasteiger partial charge in [-0.3, -0.25) is 15.2 Å². The van der Waals surface area contributed by atoms with Crippen LogP contribution in [0.3, 0.4) is 0 Å². The molecule has 4 nitrogen and oxygen atoms in total. The largest absolute Gasteiger partial charge is 0.292 e. The summed E-state index contributed by atoms with van der Waals surface area (Å²) in [5, 5.41) is 0. The van der Waals surface area contributed by atoms with Crippen LogP contribution in [0, 0.1) is 0 Å². The molecule has 0 atom stereocenters. The van der Waals surface area contributed by atoms with Gasteiger partial charge < -0.3 is 0 Å². The van der Waals surface area contributed by atoms with Gasteiger partial charge in [0.05, 0.1) is 0 Å². The smallest absolute Gasteiger partial charge is 0.234 e. The van der Waals surface area contributed by atoms with E-state index >= 15 is 0 Å². The van der Waals surface area contributed by atoms with Gasteiger partial charge in [-0.15, -0.1) is 0 Å². The van der Waals surface area contributed by atoms with Crippen molar-refractivity contribution in [3.8, 4) is 0 Å². The third-order valence-electron chi connectivity index (χ3n) is 1.65. The summed E-state index contributed by atoms with van der Waals surface area (Å²) in [6.07, 6.45) is 4.69. The second kappa shape index (κ2) is 5.27. The molecule has 0 spiro atoms. The Morgan fingerprint density at radius 1 is 1.46 bits per heavy atom. The molecule has 0 aliphatic carbocycles. The Morgan fingerprint density at radius 2 is 2.15 bits per heavy atom. The summed E-state index contributed by atoms with van der Waals surface area (Å²) in [6, 6.07) is 3.82. The van der Waals surface area contributed by atoms with Gasteiger partial charge in [0.1, 0.15) is 0 Å². The van der Waals surface area contributed by atoms with Crippen LogP contribution in [0.1, 0.15) is 12.0 Å². The molecule has 0 fully saturated rings. The summed E-state index contributed by atoms with van der Waals surface area (Å²) in [5.41, 5.74) is 6.23. The highest BCUT2D eigenvalue weighted by Gasteiger charge is 1.99. The number of aromatic nitrogens is 1. The fourth-order valence-electron chi connectivity index (χ4n) is 1.01. The van der Waals surface area contributed by atoms with E-state index in [9.17, 15) is 4.79 Å². The predicted octanol–water partition coefficient (Wildman–Crippen LogP) is 0.265. The van der Waals surface area contributed by atoms with Crippen LogP contribution in [-0.4, -0.2) is 17.9 Å². The van der Waals surface area contributed by atoms with Gasteiger partial charge in [-0.2, -0.15) is 0 Å². The first-order valence-corrected chi connectivity index (χ1v) is 4.17. The highest BCUT2D eigenvalue weighted by atomic mass is 16.2. The number of carbonyl (C=O) groups is 1. The van der Waals surface area contributed by atoms with Crippen molar-refractivity contribution in [2.45, 2.75) is 12.8 Å². The van der Waals surface area contributed by atoms with Crippen LogP contribution >= 0.6 is 0 Å². The number of aryl methyl sites for hydroxylation is 1. The molecule has 0 aromatic carbocycles. The summed E-state index contributed by atoms with van der Waals surface area (Å²) in [6.45, 7) is 0. The molecule has 1 rings (SSSR count). The molecular weight excluding hydrogens is 166 g/mol. The predicted molar refractivity (Wildman–Crippen MR) is 49.8 cm³/mol. The van der Waals surface area contributed by atoms with Gasteiger partial charge in [0.25, 0.3) is 0 Å². The lowest BCUT2D eigenvalue weighted by atomic mass is 10.1. The van der Waals surface area contributed by atoms with E-state index in [0.29, 0.717) is 6.42 Å². The van der Waals surface area contributed by atoms with Crippen LogP contribution in [0.25, 0.3) is 0 Å². The standard InChI is InChI=1S/C9H13N3O/c1-10-12-9(13)3-2-8-4-6-11-7-5-8/h4-7,10H,2-3H2,1H3,(H,12,13). The maximum atomic E-state index is 11.0. The zero-order chi connectivity index (χ0) is 9.52. The monoisotopic (exact) mass is 179 g/mol. The number of nitrogens with zero attached hydrogens (tertiary/aromatic N) is 1. The summed E-state index contributed by atoms with van der Waals surface area (Å²) < 4.78 is 0. The van der Waals surface area contributed by atoms with E-state index < -0.39 is 0 Å². The van der Waals surface area contributed by atoms with Crippen molar-refractivity contribution in [3.63, 3.8) is 0 Å². The van der Waals surface area contributed by atoms with Crippen LogP contribution in [-0.2, 0) is 11.2 Å². The normalized spacial score (nSPS) is 9.62. The number of rotatable bonds is 4. The van der Waals surface area contributed by atoms with Crippen LogP contribution in [0.4, 0.5) is 0 Å². The van der Waals surface area contributed by atoms with Crippen LogP contribution in [0.15, 0.2) is 24.5 Å². The molecule has 13 heavy (non-hydrogen) atoms. The molecule has 1 amide bonds. The van der Waals surface area contributed by atoms with Gasteiger partial charge in [0, 0.05) is 25.9 Å². The van der Waals surface area contributed by atoms with Gasteiger partial charge in [0.15, 0.2) is 0 Å². The van der Waals surface area contributed by atoms with Crippen molar-refractivity contribution in [2.24, 2.45) is 0 Å². The average molecular weight is 179 g/mol. The lowest BCUT2D eigenvalue weighted by Gasteiger charge is -2.02. The fraction of sp³-hybridized carbons (Fsp3) is 0.333. The first kappa shape index (κ1) is 9.67. The molecule has 0 aliphatic heterocycles. The van der Waals surface area contributed by atoms with E-state index in [4.69, 9.17) is 0 Å². The minimum Gasteiger partial charge on any atom is -0.292 e. The maximum absolute atomic E-state index is 11.0. The Balaban J connectivity index is 2.31. The first-order valence-electron chi connectivity index (χ1n) is 4.17. The molecule has 1 heterocycles. The van der Waals surface area contributed by atoms with E-state index in [-0.39, 0.29) is 5.91 Å². The number of hydrazine groups is 1. The lowest BCUT2D eigenvalue weighted by molar-refractivity contribution is -0.121. The number of amides is 1. The molecule has 0 saturated carbocycles. The number of hydrogen-bond acceptors (Lipinski definition) is 3. The average Bonchev–Trinajstić information content (AvgIpc) is 2.17. The van der Waals surface area contributed by atoms with Crippen molar-refractivity contribution < 1.29 is 4.79 Å². The minimum atomic E-state index is -0.000637. The molecule has 0 radical (unpaired) electrons. The molecule has 0 saturated heterocycles. The topological polar surface area (TPSA) is 54.0 Å². The summed E-state index contributed by atoms with van der Waals surface area (Å²) in [5.74, 6) is -0.000637. The molecule has 1 aromatic rings. The second-order valence-corrected chi connectivity index (χ2v) is 2.65. The first-order chi connectivity index (χ1) is 6.33. The summed E-state index contributed by atoms with van der Waals surface area (Å²) >= 11 is 0. The Bertz CT molecular complexity index is 261. The lowest BCUT2D eigenvalue weighted by Crippen LogP contribution is -2.34. The van der Waals surface area contributed by atoms with Crippen molar-refractivity contribution in [3.05, 3.63) is 30.1 Å². The van der Waals surface area contributed by atoms with Crippen LogP contribution in [0.2, 0.25) is 0 Å².